The first-order valence-corrected chi connectivity index (χ1v) is 7.91. The number of rotatable bonds is 6. The number of benzene rings is 1. The summed E-state index contributed by atoms with van der Waals surface area (Å²) in [5, 5.41) is 12.8. The van der Waals surface area contributed by atoms with Gasteiger partial charge in [-0.15, -0.1) is 0 Å². The molecule has 0 radical (unpaired) electrons. The Bertz CT molecular complexity index is 707. The molecule has 118 valence electrons. The minimum absolute atomic E-state index is 0.151. The molecule has 1 heterocycles. The summed E-state index contributed by atoms with van der Waals surface area (Å²) in [5.41, 5.74) is 0.995. The first kappa shape index (κ1) is 16.3. The summed E-state index contributed by atoms with van der Waals surface area (Å²) in [6.07, 6.45) is 0.716. The predicted octanol–water partition coefficient (Wildman–Crippen LogP) is 2.22. The van der Waals surface area contributed by atoms with Gasteiger partial charge in [-0.25, -0.2) is 8.42 Å². The molecule has 2 rings (SSSR count). The van der Waals surface area contributed by atoms with E-state index in [1.54, 1.807) is 24.4 Å². The van der Waals surface area contributed by atoms with Crippen LogP contribution in [0.3, 0.4) is 0 Å². The van der Waals surface area contributed by atoms with Crippen molar-refractivity contribution in [1.29, 1.82) is 0 Å². The molecule has 0 aliphatic carbocycles. The molecule has 0 aliphatic rings. The third-order valence-corrected chi connectivity index (χ3v) is 4.34. The van der Waals surface area contributed by atoms with Gasteiger partial charge in [0, 0.05) is 18.4 Å². The highest BCUT2D eigenvalue weighted by Crippen LogP contribution is 2.20. The van der Waals surface area contributed by atoms with Gasteiger partial charge in [0.05, 0.1) is 10.6 Å². The molecule has 0 bridgehead atoms. The van der Waals surface area contributed by atoms with E-state index in [2.05, 4.69) is 10.3 Å². The van der Waals surface area contributed by atoms with E-state index in [4.69, 9.17) is 0 Å². The Morgan fingerprint density at radius 1 is 1.14 bits per heavy atom. The zero-order valence-corrected chi connectivity index (χ0v) is 12.2. The van der Waals surface area contributed by atoms with Gasteiger partial charge < -0.3 is 10.4 Å². The Morgan fingerprint density at radius 2 is 1.82 bits per heavy atom. The second-order valence-corrected chi connectivity index (χ2v) is 6.40. The Hall–Kier alpha value is -2.06. The number of pyridine rings is 1. The van der Waals surface area contributed by atoms with Crippen LogP contribution in [0.5, 0.6) is 0 Å². The standard InChI is InChI=1S/C14H14F2N2O3S/c15-14(16)22(20,21)11-6-4-10(5-7-11)18-9-13(19)12-3-1-2-8-17-12/h1-8,13-14,18-19H,9H2/t13-/m0/s1. The number of nitrogens with zero attached hydrogens (tertiary/aromatic N) is 1. The Labute approximate surface area is 126 Å². The summed E-state index contributed by atoms with van der Waals surface area (Å²) in [7, 11) is -4.59. The van der Waals surface area contributed by atoms with Gasteiger partial charge in [0.2, 0.25) is 9.84 Å². The summed E-state index contributed by atoms with van der Waals surface area (Å²) in [6.45, 7) is 0.151. The molecule has 0 fully saturated rings. The Morgan fingerprint density at radius 3 is 2.36 bits per heavy atom. The maximum atomic E-state index is 12.4. The van der Waals surface area contributed by atoms with Crippen LogP contribution in [0.15, 0.2) is 53.6 Å². The first-order chi connectivity index (χ1) is 10.4. The minimum atomic E-state index is -4.59. The van der Waals surface area contributed by atoms with E-state index < -0.39 is 26.6 Å². The topological polar surface area (TPSA) is 79.3 Å². The zero-order chi connectivity index (χ0) is 16.2. The highest BCUT2D eigenvalue weighted by molar-refractivity contribution is 7.91. The molecule has 8 heteroatoms. The lowest BCUT2D eigenvalue weighted by Crippen LogP contribution is -2.14. The maximum absolute atomic E-state index is 12.4. The van der Waals surface area contributed by atoms with Gasteiger partial charge in [0.25, 0.3) is 0 Å². The van der Waals surface area contributed by atoms with Crippen molar-refractivity contribution in [3.8, 4) is 0 Å². The Balaban J connectivity index is 2.01. The van der Waals surface area contributed by atoms with Crippen molar-refractivity contribution < 1.29 is 22.3 Å². The second-order valence-electron chi connectivity index (χ2n) is 4.48. The maximum Gasteiger partial charge on any atom is 0.341 e. The van der Waals surface area contributed by atoms with Gasteiger partial charge in [-0.1, -0.05) is 6.07 Å². The summed E-state index contributed by atoms with van der Waals surface area (Å²) in [6, 6.07) is 10.1. The number of alkyl halides is 2. The predicted molar refractivity (Wildman–Crippen MR) is 77.3 cm³/mol. The van der Waals surface area contributed by atoms with Crippen molar-refractivity contribution in [2.24, 2.45) is 0 Å². The molecule has 0 unspecified atom stereocenters. The molecule has 0 spiro atoms. The SMILES string of the molecule is O=S(=O)(c1ccc(NC[C@H](O)c2ccccn2)cc1)C(F)F. The molecule has 5 nitrogen and oxygen atoms in total. The van der Waals surface area contributed by atoms with Crippen molar-refractivity contribution in [1.82, 2.24) is 4.98 Å². The van der Waals surface area contributed by atoms with Crippen molar-refractivity contribution in [3.63, 3.8) is 0 Å². The number of halogens is 2. The zero-order valence-electron chi connectivity index (χ0n) is 11.4. The lowest BCUT2D eigenvalue weighted by molar-refractivity contribution is 0.187. The molecule has 0 saturated heterocycles. The van der Waals surface area contributed by atoms with E-state index in [1.807, 2.05) is 0 Å². The third kappa shape index (κ3) is 3.77. The number of aliphatic hydroxyl groups is 1. The highest BCUT2D eigenvalue weighted by atomic mass is 32.2. The molecule has 1 aromatic carbocycles. The van der Waals surface area contributed by atoms with Crippen LogP contribution in [0.25, 0.3) is 0 Å². The quantitative estimate of drug-likeness (QED) is 0.850. The fraction of sp³-hybridized carbons (Fsp3) is 0.214. The molecule has 22 heavy (non-hydrogen) atoms. The molecule has 0 amide bonds. The lowest BCUT2D eigenvalue weighted by atomic mass is 10.2. The second kappa shape index (κ2) is 6.80. The third-order valence-electron chi connectivity index (χ3n) is 2.95. The van der Waals surface area contributed by atoms with Crippen molar-refractivity contribution in [3.05, 3.63) is 54.4 Å². The summed E-state index contributed by atoms with van der Waals surface area (Å²) >= 11 is 0. The normalized spacial score (nSPS) is 13.1. The molecule has 2 aromatic rings. The summed E-state index contributed by atoms with van der Waals surface area (Å²) < 4.78 is 47.3. The van der Waals surface area contributed by atoms with Gasteiger partial charge in [-0.3, -0.25) is 4.98 Å². The fourth-order valence-corrected chi connectivity index (χ4v) is 2.48. The first-order valence-electron chi connectivity index (χ1n) is 6.36. The van der Waals surface area contributed by atoms with Gasteiger partial charge in [-0.05, 0) is 36.4 Å². The van der Waals surface area contributed by atoms with E-state index in [1.165, 1.54) is 12.1 Å². The fourth-order valence-electron chi connectivity index (χ4n) is 1.76. The van der Waals surface area contributed by atoms with Crippen molar-refractivity contribution >= 4 is 15.5 Å². The number of anilines is 1. The smallest absolute Gasteiger partial charge is 0.341 e. The van der Waals surface area contributed by atoms with Gasteiger partial charge in [-0.2, -0.15) is 8.78 Å². The number of sulfone groups is 1. The van der Waals surface area contributed by atoms with E-state index in [-0.39, 0.29) is 6.54 Å². The summed E-state index contributed by atoms with van der Waals surface area (Å²) in [4.78, 5) is 3.56. The summed E-state index contributed by atoms with van der Waals surface area (Å²) in [5.74, 6) is -3.45. The van der Waals surface area contributed by atoms with Gasteiger partial charge in [0.1, 0.15) is 6.10 Å². The number of aromatic nitrogens is 1. The molecule has 2 N–H and O–H groups in total. The number of nitrogens with one attached hydrogen (secondary N) is 1. The molecular weight excluding hydrogens is 314 g/mol. The lowest BCUT2D eigenvalue weighted by Gasteiger charge is -2.12. The van der Waals surface area contributed by atoms with E-state index in [0.29, 0.717) is 11.4 Å². The molecule has 1 atom stereocenters. The van der Waals surface area contributed by atoms with Crippen LogP contribution in [0.2, 0.25) is 0 Å². The largest absolute Gasteiger partial charge is 0.385 e. The van der Waals surface area contributed by atoms with Crippen LogP contribution in [0.1, 0.15) is 11.8 Å². The minimum Gasteiger partial charge on any atom is -0.385 e. The van der Waals surface area contributed by atoms with E-state index in [9.17, 15) is 22.3 Å². The average molecular weight is 328 g/mol. The Kier molecular flexibility index (Phi) is 5.04. The van der Waals surface area contributed by atoms with Crippen molar-refractivity contribution in [2.45, 2.75) is 16.8 Å². The average Bonchev–Trinajstić information content (AvgIpc) is 2.53. The van der Waals surface area contributed by atoms with Crippen LogP contribution in [0.4, 0.5) is 14.5 Å². The van der Waals surface area contributed by atoms with Crippen LogP contribution < -0.4 is 5.32 Å². The van der Waals surface area contributed by atoms with Crippen LogP contribution >= 0.6 is 0 Å². The van der Waals surface area contributed by atoms with Crippen LogP contribution in [-0.4, -0.2) is 30.8 Å². The highest BCUT2D eigenvalue weighted by Gasteiger charge is 2.26. The van der Waals surface area contributed by atoms with Gasteiger partial charge in [0.15, 0.2) is 0 Å². The van der Waals surface area contributed by atoms with E-state index >= 15 is 0 Å². The number of hydrogen-bond donors (Lipinski definition) is 2. The number of aliphatic hydroxyl groups excluding tert-OH is 1. The van der Waals surface area contributed by atoms with E-state index in [0.717, 1.165) is 12.1 Å². The number of hydrogen-bond acceptors (Lipinski definition) is 5. The van der Waals surface area contributed by atoms with Crippen LogP contribution in [-0.2, 0) is 9.84 Å². The van der Waals surface area contributed by atoms with Crippen molar-refractivity contribution in [2.75, 3.05) is 11.9 Å². The van der Waals surface area contributed by atoms with Gasteiger partial charge >= 0.3 is 5.76 Å². The molecule has 0 saturated carbocycles. The van der Waals surface area contributed by atoms with Crippen LogP contribution in [0, 0.1) is 0 Å². The monoisotopic (exact) mass is 328 g/mol. The molecule has 1 aromatic heterocycles. The molecule has 0 aliphatic heterocycles. The molecular formula is C14H14F2N2O3S.